The van der Waals surface area contributed by atoms with Gasteiger partial charge in [-0.1, -0.05) is 6.92 Å². The summed E-state index contributed by atoms with van der Waals surface area (Å²) in [5.41, 5.74) is 8.26. The van der Waals surface area contributed by atoms with Crippen molar-refractivity contribution in [3.8, 4) is 0 Å². The first kappa shape index (κ1) is 7.80. The van der Waals surface area contributed by atoms with Crippen molar-refractivity contribution in [3.63, 3.8) is 0 Å². The molecule has 3 heteroatoms. The van der Waals surface area contributed by atoms with E-state index in [-0.39, 0.29) is 0 Å². The number of hydrogen-bond donors (Lipinski definition) is 2. The van der Waals surface area contributed by atoms with Crippen LogP contribution in [0.4, 0.5) is 0 Å². The molecule has 0 radical (unpaired) electrons. The third-order valence-corrected chi connectivity index (χ3v) is 2.57. The van der Waals surface area contributed by atoms with E-state index in [0.29, 0.717) is 12.5 Å². The summed E-state index contributed by atoms with van der Waals surface area (Å²) in [6, 6.07) is 0. The van der Waals surface area contributed by atoms with E-state index in [1.54, 1.807) is 0 Å². The number of H-pyrrole nitrogens is 1. The number of nitrogens with one attached hydrogen (secondary N) is 1. The normalized spacial score (nSPS) is 19.5. The summed E-state index contributed by atoms with van der Waals surface area (Å²) in [5, 5.41) is 7.15. The molecule has 12 heavy (non-hydrogen) atoms. The Labute approximate surface area is 72.4 Å². The molecule has 1 saturated carbocycles. The molecule has 0 bridgehead atoms. The molecule has 0 amide bonds. The molecule has 1 fully saturated rings. The maximum absolute atomic E-state index is 5.61. The standard InChI is InChI=1S/C9H15N3/c1-6(4-10)8-5-11-12-9(8)7-2-3-7/h5-7H,2-4,10H2,1H3,(H,11,12). The summed E-state index contributed by atoms with van der Waals surface area (Å²) >= 11 is 0. The number of nitrogens with two attached hydrogens (primary N) is 1. The zero-order chi connectivity index (χ0) is 8.55. The molecule has 66 valence electrons. The van der Waals surface area contributed by atoms with Crippen LogP contribution in [0, 0.1) is 0 Å². The molecule has 3 nitrogen and oxygen atoms in total. The van der Waals surface area contributed by atoms with Crippen LogP contribution in [-0.2, 0) is 0 Å². The second-order valence-corrected chi connectivity index (χ2v) is 3.65. The Hall–Kier alpha value is -0.830. The third-order valence-electron chi connectivity index (χ3n) is 2.57. The second-order valence-electron chi connectivity index (χ2n) is 3.65. The van der Waals surface area contributed by atoms with E-state index in [9.17, 15) is 0 Å². The summed E-state index contributed by atoms with van der Waals surface area (Å²) in [6.07, 6.45) is 4.55. The van der Waals surface area contributed by atoms with E-state index < -0.39 is 0 Å². The lowest BCUT2D eigenvalue weighted by Gasteiger charge is -2.07. The second kappa shape index (κ2) is 2.90. The largest absolute Gasteiger partial charge is 0.330 e. The highest BCUT2D eigenvalue weighted by Gasteiger charge is 2.28. The van der Waals surface area contributed by atoms with Crippen molar-refractivity contribution in [2.45, 2.75) is 31.6 Å². The van der Waals surface area contributed by atoms with Crippen LogP contribution in [0.3, 0.4) is 0 Å². The molecule has 3 N–H and O–H groups in total. The lowest BCUT2D eigenvalue weighted by atomic mass is 10.0. The fourth-order valence-electron chi connectivity index (χ4n) is 1.52. The molecule has 1 aliphatic rings. The summed E-state index contributed by atoms with van der Waals surface area (Å²) < 4.78 is 0. The van der Waals surface area contributed by atoms with Crippen LogP contribution in [0.5, 0.6) is 0 Å². The average Bonchev–Trinajstić information content (AvgIpc) is 2.83. The van der Waals surface area contributed by atoms with Gasteiger partial charge in [-0.2, -0.15) is 5.10 Å². The van der Waals surface area contributed by atoms with Gasteiger partial charge in [0.15, 0.2) is 0 Å². The molecular weight excluding hydrogens is 150 g/mol. The molecule has 1 aromatic heterocycles. The van der Waals surface area contributed by atoms with Crippen LogP contribution in [-0.4, -0.2) is 16.7 Å². The predicted octanol–water partition coefficient (Wildman–Crippen LogP) is 1.35. The van der Waals surface area contributed by atoms with Gasteiger partial charge in [0.1, 0.15) is 0 Å². The Morgan fingerprint density at radius 1 is 1.75 bits per heavy atom. The van der Waals surface area contributed by atoms with Gasteiger partial charge in [0.25, 0.3) is 0 Å². The first-order valence-electron chi connectivity index (χ1n) is 4.56. The first-order valence-corrected chi connectivity index (χ1v) is 4.56. The van der Waals surface area contributed by atoms with E-state index in [4.69, 9.17) is 5.73 Å². The molecule has 0 spiro atoms. The van der Waals surface area contributed by atoms with Crippen molar-refractivity contribution in [2.24, 2.45) is 5.73 Å². The smallest absolute Gasteiger partial charge is 0.0525 e. The van der Waals surface area contributed by atoms with Crippen molar-refractivity contribution < 1.29 is 0 Å². The van der Waals surface area contributed by atoms with Crippen molar-refractivity contribution in [3.05, 3.63) is 17.5 Å². The van der Waals surface area contributed by atoms with Crippen LogP contribution < -0.4 is 5.73 Å². The van der Waals surface area contributed by atoms with Crippen LogP contribution >= 0.6 is 0 Å². The third kappa shape index (κ3) is 1.25. The molecule has 1 aliphatic carbocycles. The van der Waals surface area contributed by atoms with Gasteiger partial charge >= 0.3 is 0 Å². The zero-order valence-corrected chi connectivity index (χ0v) is 7.38. The Kier molecular flexibility index (Phi) is 1.89. The van der Waals surface area contributed by atoms with E-state index in [0.717, 1.165) is 5.92 Å². The maximum Gasteiger partial charge on any atom is 0.0525 e. The van der Waals surface area contributed by atoms with Gasteiger partial charge in [0, 0.05) is 11.6 Å². The minimum Gasteiger partial charge on any atom is -0.330 e. The van der Waals surface area contributed by atoms with Crippen molar-refractivity contribution in [2.75, 3.05) is 6.54 Å². The summed E-state index contributed by atoms with van der Waals surface area (Å²) in [5.74, 6) is 1.19. The van der Waals surface area contributed by atoms with Gasteiger partial charge in [-0.15, -0.1) is 0 Å². The molecule has 1 heterocycles. The van der Waals surface area contributed by atoms with Crippen molar-refractivity contribution >= 4 is 0 Å². The average molecular weight is 165 g/mol. The van der Waals surface area contributed by atoms with E-state index in [1.165, 1.54) is 24.1 Å². The van der Waals surface area contributed by atoms with Crippen LogP contribution in [0.1, 0.15) is 42.9 Å². The molecule has 1 unspecified atom stereocenters. The highest BCUT2D eigenvalue weighted by Crippen LogP contribution is 2.41. The lowest BCUT2D eigenvalue weighted by Crippen LogP contribution is -2.09. The fraction of sp³-hybridized carbons (Fsp3) is 0.667. The van der Waals surface area contributed by atoms with Crippen LogP contribution in [0.25, 0.3) is 0 Å². The van der Waals surface area contributed by atoms with Gasteiger partial charge in [0.05, 0.1) is 6.20 Å². The topological polar surface area (TPSA) is 54.7 Å². The van der Waals surface area contributed by atoms with E-state index in [1.807, 2.05) is 6.20 Å². The van der Waals surface area contributed by atoms with E-state index >= 15 is 0 Å². The van der Waals surface area contributed by atoms with Crippen LogP contribution in [0.15, 0.2) is 6.20 Å². The molecule has 1 atom stereocenters. The Morgan fingerprint density at radius 2 is 2.50 bits per heavy atom. The Balaban J connectivity index is 2.23. The van der Waals surface area contributed by atoms with Gasteiger partial charge in [-0.3, -0.25) is 5.10 Å². The zero-order valence-electron chi connectivity index (χ0n) is 7.38. The first-order chi connectivity index (χ1) is 5.83. The van der Waals surface area contributed by atoms with Gasteiger partial charge in [-0.25, -0.2) is 0 Å². The number of hydrogen-bond acceptors (Lipinski definition) is 2. The molecule has 2 rings (SSSR count). The summed E-state index contributed by atoms with van der Waals surface area (Å²) in [7, 11) is 0. The van der Waals surface area contributed by atoms with Crippen molar-refractivity contribution in [1.29, 1.82) is 0 Å². The minimum absolute atomic E-state index is 0.444. The maximum atomic E-state index is 5.61. The van der Waals surface area contributed by atoms with Gasteiger partial charge < -0.3 is 5.73 Å². The number of nitrogens with zero attached hydrogens (tertiary/aromatic N) is 1. The van der Waals surface area contributed by atoms with Crippen LogP contribution in [0.2, 0.25) is 0 Å². The quantitative estimate of drug-likeness (QED) is 0.710. The summed E-state index contributed by atoms with van der Waals surface area (Å²) in [6.45, 7) is 2.86. The SMILES string of the molecule is CC(CN)c1cn[nH]c1C1CC1. The van der Waals surface area contributed by atoms with Crippen molar-refractivity contribution in [1.82, 2.24) is 10.2 Å². The summed E-state index contributed by atoms with van der Waals surface area (Å²) in [4.78, 5) is 0. The number of aromatic amines is 1. The fourth-order valence-corrected chi connectivity index (χ4v) is 1.52. The van der Waals surface area contributed by atoms with Gasteiger partial charge in [0.2, 0.25) is 0 Å². The number of aromatic nitrogens is 2. The molecule has 1 aromatic rings. The number of rotatable bonds is 3. The van der Waals surface area contributed by atoms with Gasteiger partial charge in [-0.05, 0) is 30.9 Å². The predicted molar refractivity (Wildman–Crippen MR) is 48.0 cm³/mol. The molecule has 0 aromatic carbocycles. The highest BCUT2D eigenvalue weighted by molar-refractivity contribution is 5.27. The molecule has 0 saturated heterocycles. The highest BCUT2D eigenvalue weighted by atomic mass is 15.1. The van der Waals surface area contributed by atoms with E-state index in [2.05, 4.69) is 17.1 Å². The lowest BCUT2D eigenvalue weighted by molar-refractivity contribution is 0.759. The molecular formula is C9H15N3. The minimum atomic E-state index is 0.444. The Bertz CT molecular complexity index is 262. The monoisotopic (exact) mass is 165 g/mol. The Morgan fingerprint density at radius 3 is 3.08 bits per heavy atom. The molecule has 0 aliphatic heterocycles.